The zero-order valence-electron chi connectivity index (χ0n) is 9.93. The Labute approximate surface area is 103 Å². The molecule has 1 aliphatic heterocycles. The van der Waals surface area contributed by atoms with E-state index >= 15 is 0 Å². The molecular weight excluding hydrogens is 232 g/mol. The van der Waals surface area contributed by atoms with Crippen molar-refractivity contribution in [2.24, 2.45) is 0 Å². The smallest absolute Gasteiger partial charge is 0.336 e. The first-order valence-electron chi connectivity index (χ1n) is 5.66. The van der Waals surface area contributed by atoms with Gasteiger partial charge in [-0.1, -0.05) is 6.58 Å². The van der Waals surface area contributed by atoms with E-state index in [1.54, 1.807) is 12.1 Å². The molecule has 3 rings (SSSR count). The van der Waals surface area contributed by atoms with Crippen LogP contribution in [0.3, 0.4) is 0 Å². The fraction of sp³-hybridized carbons (Fsp3) is 0.214. The molecule has 2 aromatic rings. The number of hydrogen-bond acceptors (Lipinski definition) is 4. The van der Waals surface area contributed by atoms with Gasteiger partial charge in [-0.25, -0.2) is 4.79 Å². The molecular formula is C14H12O4. The maximum Gasteiger partial charge on any atom is 0.336 e. The van der Waals surface area contributed by atoms with Crippen molar-refractivity contribution >= 4 is 11.0 Å². The summed E-state index contributed by atoms with van der Waals surface area (Å²) in [5.74, 6) is 1.24. The van der Waals surface area contributed by atoms with Gasteiger partial charge in [0.05, 0.1) is 0 Å². The van der Waals surface area contributed by atoms with Crippen molar-refractivity contribution in [1.82, 2.24) is 0 Å². The quantitative estimate of drug-likeness (QED) is 0.571. The number of hydrogen-bond donors (Lipinski definition) is 0. The lowest BCUT2D eigenvalue weighted by molar-refractivity contribution is 0.116. The van der Waals surface area contributed by atoms with Gasteiger partial charge in [-0.3, -0.25) is 0 Å². The van der Waals surface area contributed by atoms with Crippen LogP contribution in [0.25, 0.3) is 11.0 Å². The van der Waals surface area contributed by atoms with Gasteiger partial charge in [0.15, 0.2) is 17.6 Å². The third kappa shape index (κ3) is 1.76. The summed E-state index contributed by atoms with van der Waals surface area (Å²) in [5.41, 5.74) is 1.04. The Morgan fingerprint density at radius 2 is 2.17 bits per heavy atom. The summed E-state index contributed by atoms with van der Waals surface area (Å²) in [4.78, 5) is 11.1. The monoisotopic (exact) mass is 244 g/mol. The van der Waals surface area contributed by atoms with Crippen molar-refractivity contribution in [2.45, 2.75) is 13.0 Å². The largest absolute Gasteiger partial charge is 0.485 e. The zero-order valence-corrected chi connectivity index (χ0v) is 9.93. The zero-order chi connectivity index (χ0) is 12.7. The molecule has 0 spiro atoms. The second-order valence-corrected chi connectivity index (χ2v) is 4.36. The van der Waals surface area contributed by atoms with E-state index in [0.29, 0.717) is 23.7 Å². The van der Waals surface area contributed by atoms with Gasteiger partial charge in [-0.15, -0.1) is 0 Å². The Balaban J connectivity index is 2.11. The van der Waals surface area contributed by atoms with E-state index in [9.17, 15) is 4.79 Å². The molecule has 0 fully saturated rings. The maximum atomic E-state index is 11.1. The van der Waals surface area contributed by atoms with Crippen LogP contribution in [0.5, 0.6) is 11.5 Å². The standard InChI is InChI=1S/C14H12O4/c1-8(2)13-7-16-11-6-10-9(5-12(11)17-13)3-4-14(15)18-10/h3-6,13H,1,7H2,2H3/t13-/m0/s1. The van der Waals surface area contributed by atoms with Gasteiger partial charge < -0.3 is 13.9 Å². The van der Waals surface area contributed by atoms with Crippen LogP contribution in [0.2, 0.25) is 0 Å². The summed E-state index contributed by atoms with van der Waals surface area (Å²) in [6.07, 6.45) is -0.134. The van der Waals surface area contributed by atoms with Crippen LogP contribution >= 0.6 is 0 Å². The molecule has 4 nitrogen and oxygen atoms in total. The van der Waals surface area contributed by atoms with Gasteiger partial charge in [0.25, 0.3) is 0 Å². The number of fused-ring (bicyclic) bond motifs is 2. The number of ether oxygens (including phenoxy) is 2. The molecule has 4 heteroatoms. The molecule has 0 aliphatic carbocycles. The van der Waals surface area contributed by atoms with Gasteiger partial charge in [-0.05, 0) is 24.6 Å². The van der Waals surface area contributed by atoms with Crippen molar-refractivity contribution in [3.63, 3.8) is 0 Å². The molecule has 0 bridgehead atoms. The lowest BCUT2D eigenvalue weighted by Crippen LogP contribution is -2.29. The van der Waals surface area contributed by atoms with Crippen molar-refractivity contribution in [2.75, 3.05) is 6.61 Å². The van der Waals surface area contributed by atoms with Gasteiger partial charge in [-0.2, -0.15) is 0 Å². The Kier molecular flexibility index (Phi) is 2.37. The van der Waals surface area contributed by atoms with E-state index in [4.69, 9.17) is 13.9 Å². The Bertz CT molecular complexity index is 684. The molecule has 0 radical (unpaired) electrons. The van der Waals surface area contributed by atoms with E-state index in [1.807, 2.05) is 13.0 Å². The highest BCUT2D eigenvalue weighted by atomic mass is 16.6. The van der Waals surface area contributed by atoms with Crippen molar-refractivity contribution in [1.29, 1.82) is 0 Å². The second-order valence-electron chi connectivity index (χ2n) is 4.36. The van der Waals surface area contributed by atoms with Crippen molar-refractivity contribution in [3.8, 4) is 11.5 Å². The first-order valence-corrected chi connectivity index (χ1v) is 5.66. The van der Waals surface area contributed by atoms with Crippen LogP contribution < -0.4 is 15.1 Å². The molecule has 1 aromatic heterocycles. The van der Waals surface area contributed by atoms with Crippen molar-refractivity contribution in [3.05, 3.63) is 46.8 Å². The molecule has 0 N–H and O–H groups in total. The normalized spacial score (nSPS) is 17.7. The maximum absolute atomic E-state index is 11.1. The van der Waals surface area contributed by atoms with Crippen LogP contribution in [0.4, 0.5) is 0 Å². The van der Waals surface area contributed by atoms with Gasteiger partial charge >= 0.3 is 5.63 Å². The molecule has 2 heterocycles. The van der Waals surface area contributed by atoms with E-state index in [2.05, 4.69) is 6.58 Å². The number of rotatable bonds is 1. The van der Waals surface area contributed by atoms with Crippen LogP contribution in [-0.2, 0) is 0 Å². The molecule has 1 aromatic carbocycles. The Hall–Kier alpha value is -2.23. The van der Waals surface area contributed by atoms with Gasteiger partial charge in [0.2, 0.25) is 0 Å². The van der Waals surface area contributed by atoms with E-state index in [-0.39, 0.29) is 11.7 Å². The first kappa shape index (κ1) is 10.9. The molecule has 1 aliphatic rings. The minimum Gasteiger partial charge on any atom is -0.485 e. The first-order chi connectivity index (χ1) is 8.63. The van der Waals surface area contributed by atoms with Crippen LogP contribution in [-0.4, -0.2) is 12.7 Å². The molecule has 18 heavy (non-hydrogen) atoms. The predicted octanol–water partition coefficient (Wildman–Crippen LogP) is 2.51. The topological polar surface area (TPSA) is 48.7 Å². The molecule has 0 saturated heterocycles. The summed E-state index contributed by atoms with van der Waals surface area (Å²) >= 11 is 0. The molecule has 0 amide bonds. The highest BCUT2D eigenvalue weighted by Crippen LogP contribution is 2.36. The average molecular weight is 244 g/mol. The highest BCUT2D eigenvalue weighted by Gasteiger charge is 2.22. The fourth-order valence-corrected chi connectivity index (χ4v) is 1.88. The van der Waals surface area contributed by atoms with Crippen molar-refractivity contribution < 1.29 is 13.9 Å². The Morgan fingerprint density at radius 3 is 2.94 bits per heavy atom. The Morgan fingerprint density at radius 1 is 1.33 bits per heavy atom. The lowest BCUT2D eigenvalue weighted by Gasteiger charge is -2.26. The minimum atomic E-state index is -0.376. The summed E-state index contributed by atoms with van der Waals surface area (Å²) in [6, 6.07) is 6.58. The average Bonchev–Trinajstić information content (AvgIpc) is 2.35. The third-order valence-electron chi connectivity index (χ3n) is 2.89. The number of benzene rings is 1. The highest BCUT2D eigenvalue weighted by molar-refractivity contribution is 5.80. The summed E-state index contributed by atoms with van der Waals surface area (Å²) < 4.78 is 16.5. The fourth-order valence-electron chi connectivity index (χ4n) is 1.88. The van der Waals surface area contributed by atoms with Crippen LogP contribution in [0.1, 0.15) is 6.92 Å². The minimum absolute atomic E-state index is 0.134. The molecule has 0 unspecified atom stereocenters. The second kappa shape index (κ2) is 3.91. The van der Waals surface area contributed by atoms with E-state index < -0.39 is 0 Å². The molecule has 1 atom stereocenters. The summed E-state index contributed by atoms with van der Waals surface area (Å²) in [6.45, 7) is 6.18. The SMILES string of the molecule is C=C(C)[C@@H]1COc2cc3oc(=O)ccc3cc2O1. The summed E-state index contributed by atoms with van der Waals surface area (Å²) in [7, 11) is 0. The van der Waals surface area contributed by atoms with Gasteiger partial charge in [0.1, 0.15) is 12.2 Å². The van der Waals surface area contributed by atoms with Crippen LogP contribution in [0, 0.1) is 0 Å². The van der Waals surface area contributed by atoms with E-state index in [0.717, 1.165) is 11.0 Å². The van der Waals surface area contributed by atoms with E-state index in [1.165, 1.54) is 6.07 Å². The lowest BCUT2D eigenvalue weighted by atomic mass is 10.1. The van der Waals surface area contributed by atoms with Crippen LogP contribution in [0.15, 0.2) is 45.6 Å². The third-order valence-corrected chi connectivity index (χ3v) is 2.89. The van der Waals surface area contributed by atoms with Gasteiger partial charge in [0, 0.05) is 17.5 Å². The molecule has 92 valence electrons. The summed E-state index contributed by atoms with van der Waals surface area (Å²) in [5, 5.41) is 0.805. The molecule has 0 saturated carbocycles. The predicted molar refractivity (Wildman–Crippen MR) is 67.2 cm³/mol.